The summed E-state index contributed by atoms with van der Waals surface area (Å²) in [6.45, 7) is 6.91. The van der Waals surface area contributed by atoms with Crippen LogP contribution in [0.15, 0.2) is 46.1 Å². The van der Waals surface area contributed by atoms with Crippen LogP contribution in [0.1, 0.15) is 31.4 Å². The molecule has 0 aliphatic rings. The molecule has 0 saturated carbocycles. The van der Waals surface area contributed by atoms with E-state index in [1.54, 1.807) is 19.4 Å². The van der Waals surface area contributed by atoms with E-state index in [2.05, 4.69) is 10.3 Å². The molecule has 1 aromatic carbocycles. The Hall–Kier alpha value is -3.09. The summed E-state index contributed by atoms with van der Waals surface area (Å²) in [6.07, 6.45) is 6.16. The van der Waals surface area contributed by atoms with E-state index in [1.165, 1.54) is 6.07 Å². The first-order valence-corrected chi connectivity index (χ1v) is 9.45. The van der Waals surface area contributed by atoms with Crippen molar-refractivity contribution in [2.75, 3.05) is 6.54 Å². The zero-order chi connectivity index (χ0) is 20.1. The summed E-state index contributed by atoms with van der Waals surface area (Å²) >= 11 is 0. The number of fused-ring (bicyclic) bond motifs is 1. The maximum absolute atomic E-state index is 12.4. The predicted octanol–water partition coefficient (Wildman–Crippen LogP) is 2.83. The fourth-order valence-electron chi connectivity index (χ4n) is 3.12. The average Bonchev–Trinajstić information content (AvgIpc) is 3.17. The van der Waals surface area contributed by atoms with Crippen molar-refractivity contribution >= 4 is 16.9 Å². The van der Waals surface area contributed by atoms with Gasteiger partial charge in [-0.15, -0.1) is 0 Å². The lowest BCUT2D eigenvalue weighted by Gasteiger charge is -2.17. The van der Waals surface area contributed by atoms with Crippen molar-refractivity contribution in [2.24, 2.45) is 0 Å². The Labute approximate surface area is 163 Å². The summed E-state index contributed by atoms with van der Waals surface area (Å²) in [6, 6.07) is 5.15. The summed E-state index contributed by atoms with van der Waals surface area (Å²) in [5.41, 5.74) is 1.83. The average molecular weight is 383 g/mol. The van der Waals surface area contributed by atoms with Crippen LogP contribution in [0.2, 0.25) is 0 Å². The number of nitrogens with one attached hydrogen (secondary N) is 1. The number of benzene rings is 1. The third-order valence-corrected chi connectivity index (χ3v) is 4.54. The van der Waals surface area contributed by atoms with Gasteiger partial charge in [0.2, 0.25) is 0 Å². The molecule has 0 unspecified atom stereocenters. The molecule has 7 heteroatoms. The maximum Gasteiger partial charge on any atom is 0.336 e. The summed E-state index contributed by atoms with van der Waals surface area (Å²) in [5, 5.41) is 3.64. The van der Waals surface area contributed by atoms with E-state index in [0.29, 0.717) is 24.3 Å². The zero-order valence-corrected chi connectivity index (χ0v) is 16.4. The minimum Gasteiger partial charge on any atom is -0.480 e. The second kappa shape index (κ2) is 8.73. The first-order valence-electron chi connectivity index (χ1n) is 9.45. The van der Waals surface area contributed by atoms with Gasteiger partial charge in [-0.05, 0) is 49.9 Å². The van der Waals surface area contributed by atoms with E-state index in [-0.39, 0.29) is 11.5 Å². The fourth-order valence-corrected chi connectivity index (χ4v) is 3.12. The molecule has 2 aromatic heterocycles. The zero-order valence-electron chi connectivity index (χ0n) is 16.4. The van der Waals surface area contributed by atoms with E-state index in [0.717, 1.165) is 29.5 Å². The first kappa shape index (κ1) is 19.7. The standard InChI is InChI=1S/C21H25N3O4/c1-4-16-12-19(25)28-18-11-14(2)10-17(20(16)18)27-15(3)21(26)23-6-5-8-24-9-7-22-13-24/h7,9-13,15H,4-6,8H2,1-3H3,(H,23,26)/t15-/m0/s1. The van der Waals surface area contributed by atoms with Crippen molar-refractivity contribution in [1.29, 1.82) is 0 Å². The summed E-state index contributed by atoms with van der Waals surface area (Å²) in [5.74, 6) is 0.368. The quantitative estimate of drug-likeness (QED) is 0.477. The number of ether oxygens (including phenoxy) is 1. The Kier molecular flexibility index (Phi) is 6.13. The molecule has 1 N–H and O–H groups in total. The van der Waals surface area contributed by atoms with Gasteiger partial charge in [-0.25, -0.2) is 9.78 Å². The predicted molar refractivity (Wildman–Crippen MR) is 107 cm³/mol. The second-order valence-corrected chi connectivity index (χ2v) is 6.79. The molecule has 3 aromatic rings. The fraction of sp³-hybridized carbons (Fsp3) is 0.381. The van der Waals surface area contributed by atoms with Crippen molar-refractivity contribution in [3.8, 4) is 5.75 Å². The van der Waals surface area contributed by atoms with Crippen LogP contribution in [-0.4, -0.2) is 28.1 Å². The number of rotatable bonds is 8. The third-order valence-electron chi connectivity index (χ3n) is 4.54. The Bertz CT molecular complexity index is 1010. The van der Waals surface area contributed by atoms with Gasteiger partial charge >= 0.3 is 5.63 Å². The normalized spacial score (nSPS) is 12.1. The molecule has 2 heterocycles. The van der Waals surface area contributed by atoms with Crippen molar-refractivity contribution < 1.29 is 13.9 Å². The third kappa shape index (κ3) is 4.60. The molecule has 1 amide bonds. The molecular formula is C21H25N3O4. The van der Waals surface area contributed by atoms with Gasteiger partial charge in [0.1, 0.15) is 11.3 Å². The highest BCUT2D eigenvalue weighted by molar-refractivity contribution is 5.88. The van der Waals surface area contributed by atoms with Crippen LogP contribution in [0.25, 0.3) is 11.0 Å². The van der Waals surface area contributed by atoms with Gasteiger partial charge in [-0.2, -0.15) is 0 Å². The van der Waals surface area contributed by atoms with Gasteiger partial charge < -0.3 is 19.0 Å². The number of aryl methyl sites for hydroxylation is 3. The lowest BCUT2D eigenvalue weighted by atomic mass is 10.0. The van der Waals surface area contributed by atoms with E-state index in [4.69, 9.17) is 9.15 Å². The lowest BCUT2D eigenvalue weighted by Crippen LogP contribution is -2.37. The number of hydrogen-bond donors (Lipinski definition) is 1. The van der Waals surface area contributed by atoms with E-state index >= 15 is 0 Å². The van der Waals surface area contributed by atoms with Gasteiger partial charge in [0.15, 0.2) is 6.10 Å². The molecule has 28 heavy (non-hydrogen) atoms. The number of aromatic nitrogens is 2. The number of imidazole rings is 1. The van der Waals surface area contributed by atoms with Gasteiger partial charge in [-0.3, -0.25) is 4.79 Å². The summed E-state index contributed by atoms with van der Waals surface area (Å²) < 4.78 is 13.3. The number of carbonyl (C=O) groups is 1. The molecule has 0 radical (unpaired) electrons. The Morgan fingerprint density at radius 2 is 2.18 bits per heavy atom. The van der Waals surface area contributed by atoms with E-state index < -0.39 is 6.10 Å². The molecule has 1 atom stereocenters. The lowest BCUT2D eigenvalue weighted by molar-refractivity contribution is -0.127. The summed E-state index contributed by atoms with van der Waals surface area (Å²) in [7, 11) is 0. The van der Waals surface area contributed by atoms with Crippen molar-refractivity contribution in [3.63, 3.8) is 0 Å². The van der Waals surface area contributed by atoms with Gasteiger partial charge in [0.25, 0.3) is 5.91 Å². The van der Waals surface area contributed by atoms with E-state index in [1.807, 2.05) is 36.7 Å². The van der Waals surface area contributed by atoms with Crippen LogP contribution in [0, 0.1) is 6.92 Å². The molecule has 0 aliphatic carbocycles. The summed E-state index contributed by atoms with van der Waals surface area (Å²) in [4.78, 5) is 28.2. The Morgan fingerprint density at radius 1 is 1.36 bits per heavy atom. The van der Waals surface area contributed by atoms with Gasteiger partial charge in [0, 0.05) is 31.5 Å². The minimum absolute atomic E-state index is 0.185. The molecular weight excluding hydrogens is 358 g/mol. The maximum atomic E-state index is 12.4. The highest BCUT2D eigenvalue weighted by atomic mass is 16.5. The van der Waals surface area contributed by atoms with Crippen molar-refractivity contribution in [1.82, 2.24) is 14.9 Å². The van der Waals surface area contributed by atoms with Crippen molar-refractivity contribution in [2.45, 2.75) is 46.3 Å². The molecule has 0 saturated heterocycles. The SMILES string of the molecule is CCc1cc(=O)oc2cc(C)cc(O[C@@H](C)C(=O)NCCCn3ccnc3)c12. The molecule has 0 bridgehead atoms. The highest BCUT2D eigenvalue weighted by Gasteiger charge is 2.18. The number of carbonyl (C=O) groups excluding carboxylic acids is 1. The van der Waals surface area contributed by atoms with Crippen LogP contribution in [0.5, 0.6) is 5.75 Å². The molecule has 7 nitrogen and oxygen atoms in total. The van der Waals surface area contributed by atoms with Crippen molar-refractivity contribution in [3.05, 3.63) is 58.5 Å². The molecule has 148 valence electrons. The van der Waals surface area contributed by atoms with E-state index in [9.17, 15) is 9.59 Å². The van der Waals surface area contributed by atoms with Crippen LogP contribution in [0.4, 0.5) is 0 Å². The largest absolute Gasteiger partial charge is 0.480 e. The second-order valence-electron chi connectivity index (χ2n) is 6.79. The van der Waals surface area contributed by atoms with Gasteiger partial charge in [-0.1, -0.05) is 6.92 Å². The number of nitrogens with zero attached hydrogens (tertiary/aromatic N) is 2. The van der Waals surface area contributed by atoms with Crippen LogP contribution in [0.3, 0.4) is 0 Å². The molecule has 0 spiro atoms. The van der Waals surface area contributed by atoms with Crippen LogP contribution < -0.4 is 15.7 Å². The molecule has 3 rings (SSSR count). The topological polar surface area (TPSA) is 86.4 Å². The Morgan fingerprint density at radius 3 is 2.89 bits per heavy atom. The Balaban J connectivity index is 1.69. The van der Waals surface area contributed by atoms with Gasteiger partial charge in [0.05, 0.1) is 11.7 Å². The number of hydrogen-bond acceptors (Lipinski definition) is 5. The van der Waals surface area contributed by atoms with Crippen LogP contribution >= 0.6 is 0 Å². The minimum atomic E-state index is -0.671. The van der Waals surface area contributed by atoms with Crippen LogP contribution in [-0.2, 0) is 17.8 Å². The molecule has 0 fully saturated rings. The monoisotopic (exact) mass is 383 g/mol. The highest BCUT2D eigenvalue weighted by Crippen LogP contribution is 2.30. The smallest absolute Gasteiger partial charge is 0.336 e. The first-order chi connectivity index (χ1) is 13.5. The molecule has 0 aliphatic heterocycles. The number of amides is 1.